The van der Waals surface area contributed by atoms with E-state index in [1.807, 2.05) is 30.5 Å². The summed E-state index contributed by atoms with van der Waals surface area (Å²) in [5.74, 6) is 2.05. The highest BCUT2D eigenvalue weighted by atomic mass is 19.1. The van der Waals surface area contributed by atoms with E-state index in [4.69, 9.17) is 0 Å². The van der Waals surface area contributed by atoms with Crippen LogP contribution in [0.4, 0.5) is 4.39 Å². The van der Waals surface area contributed by atoms with E-state index in [0.717, 1.165) is 42.1 Å². The predicted octanol–water partition coefficient (Wildman–Crippen LogP) is 6.43. The van der Waals surface area contributed by atoms with Gasteiger partial charge in [0.15, 0.2) is 0 Å². The first kappa shape index (κ1) is 24.6. The summed E-state index contributed by atoms with van der Waals surface area (Å²) in [5, 5.41) is 0.938. The van der Waals surface area contributed by atoms with E-state index in [1.165, 1.54) is 11.6 Å². The highest BCUT2D eigenvalue weighted by molar-refractivity contribution is 5.94. The zero-order chi connectivity index (χ0) is 25.6. The second-order valence-electron chi connectivity index (χ2n) is 11.6. The van der Waals surface area contributed by atoms with E-state index in [1.54, 1.807) is 31.1 Å². The Kier molecular flexibility index (Phi) is 6.44. The molecule has 2 aromatic carbocycles. The lowest BCUT2D eigenvalue weighted by Crippen LogP contribution is -2.33. The fourth-order valence-electron chi connectivity index (χ4n) is 6.62. The number of carbonyl (C=O) groups excluding carboxylic acids is 2. The smallest absolute Gasteiger partial charge is 0.253 e. The van der Waals surface area contributed by atoms with Gasteiger partial charge in [-0.05, 0) is 96.9 Å². The van der Waals surface area contributed by atoms with Gasteiger partial charge in [-0.25, -0.2) is 4.39 Å². The lowest BCUT2D eigenvalue weighted by atomic mass is 9.71. The van der Waals surface area contributed by atoms with Crippen molar-refractivity contribution in [3.05, 3.63) is 77.2 Å². The Morgan fingerprint density at radius 1 is 0.972 bits per heavy atom. The minimum Gasteiger partial charge on any atom is -0.345 e. The summed E-state index contributed by atoms with van der Waals surface area (Å²) < 4.78 is 14.0. The molecule has 3 aromatic rings. The summed E-state index contributed by atoms with van der Waals surface area (Å²) in [6, 6.07) is 14.4. The van der Waals surface area contributed by atoms with E-state index < -0.39 is 0 Å². The highest BCUT2D eigenvalue weighted by Crippen LogP contribution is 2.56. The van der Waals surface area contributed by atoms with Crippen LogP contribution in [0.2, 0.25) is 0 Å². The number of fused-ring (bicyclic) bond motifs is 2. The number of nitrogens with zero attached hydrogens (tertiary/aromatic N) is 2. The van der Waals surface area contributed by atoms with Gasteiger partial charge < -0.3 is 4.90 Å². The van der Waals surface area contributed by atoms with Gasteiger partial charge in [-0.1, -0.05) is 26.0 Å². The maximum atomic E-state index is 14.0. The molecule has 188 valence electrons. The van der Waals surface area contributed by atoms with Crippen molar-refractivity contribution in [3.8, 4) is 0 Å². The molecule has 0 saturated heterocycles. The second kappa shape index (κ2) is 9.42. The molecule has 0 spiro atoms. The number of benzene rings is 2. The molecule has 2 aliphatic carbocycles. The van der Waals surface area contributed by atoms with Crippen LogP contribution in [0.5, 0.6) is 0 Å². The van der Waals surface area contributed by atoms with Crippen LogP contribution in [-0.2, 0) is 11.2 Å². The Morgan fingerprint density at radius 2 is 1.64 bits per heavy atom. The SMILES string of the molecule is CN(C)C(=O)c1ccc(CC(=O)C(C)(C)C2C[C@H]3CC(c4ccnc5ccc(F)cc45)C[C@H]3C2)cc1. The van der Waals surface area contributed by atoms with Gasteiger partial charge in [0.25, 0.3) is 5.91 Å². The van der Waals surface area contributed by atoms with Crippen molar-refractivity contribution in [2.24, 2.45) is 23.2 Å². The molecule has 4 nitrogen and oxygen atoms in total. The van der Waals surface area contributed by atoms with Crippen LogP contribution >= 0.6 is 0 Å². The van der Waals surface area contributed by atoms with Gasteiger partial charge in [0.05, 0.1) is 5.52 Å². The summed E-state index contributed by atoms with van der Waals surface area (Å²) in [4.78, 5) is 31.5. The molecule has 0 radical (unpaired) electrons. The van der Waals surface area contributed by atoms with Crippen LogP contribution in [0.15, 0.2) is 54.7 Å². The summed E-state index contributed by atoms with van der Waals surface area (Å²) >= 11 is 0. The molecule has 5 rings (SSSR count). The Bertz CT molecular complexity index is 1280. The minimum atomic E-state index is -0.384. The van der Waals surface area contributed by atoms with E-state index in [9.17, 15) is 14.0 Å². The van der Waals surface area contributed by atoms with Gasteiger partial charge in [0.1, 0.15) is 11.6 Å². The number of Topliss-reactive ketones (excluding diaryl/α,β-unsaturated/α-hetero) is 1. The Balaban J connectivity index is 1.24. The fraction of sp³-hybridized carbons (Fsp3) is 0.452. The van der Waals surface area contributed by atoms with E-state index in [0.29, 0.717) is 35.7 Å². The maximum Gasteiger partial charge on any atom is 0.253 e. The second-order valence-corrected chi connectivity index (χ2v) is 11.6. The normalized spacial score (nSPS) is 23.6. The maximum absolute atomic E-state index is 14.0. The lowest BCUT2D eigenvalue weighted by Gasteiger charge is -2.31. The van der Waals surface area contributed by atoms with Gasteiger partial charge in [0, 0.05) is 43.1 Å². The van der Waals surface area contributed by atoms with Crippen molar-refractivity contribution in [3.63, 3.8) is 0 Å². The average Bonchev–Trinajstić information content (AvgIpc) is 3.43. The van der Waals surface area contributed by atoms with Gasteiger partial charge >= 0.3 is 0 Å². The number of hydrogen-bond acceptors (Lipinski definition) is 3. The number of hydrogen-bond donors (Lipinski definition) is 0. The first-order valence-corrected chi connectivity index (χ1v) is 13.0. The van der Waals surface area contributed by atoms with Crippen LogP contribution < -0.4 is 0 Å². The quantitative estimate of drug-likeness (QED) is 0.403. The number of amides is 1. The molecule has 1 aromatic heterocycles. The number of ketones is 1. The molecule has 1 amide bonds. The van der Waals surface area contributed by atoms with E-state index in [2.05, 4.69) is 24.9 Å². The Labute approximate surface area is 212 Å². The first-order valence-electron chi connectivity index (χ1n) is 13.0. The third-order valence-electron chi connectivity index (χ3n) is 8.90. The molecular weight excluding hydrogens is 451 g/mol. The Morgan fingerprint density at radius 3 is 2.28 bits per heavy atom. The van der Waals surface area contributed by atoms with Crippen LogP contribution in [0.25, 0.3) is 10.9 Å². The van der Waals surface area contributed by atoms with Crippen molar-refractivity contribution in [1.29, 1.82) is 0 Å². The van der Waals surface area contributed by atoms with E-state index >= 15 is 0 Å². The summed E-state index contributed by atoms with van der Waals surface area (Å²) in [6.45, 7) is 4.23. The van der Waals surface area contributed by atoms with Gasteiger partial charge in [-0.3, -0.25) is 14.6 Å². The molecule has 5 heteroatoms. The zero-order valence-electron chi connectivity index (χ0n) is 21.6. The molecule has 2 unspecified atom stereocenters. The summed E-state index contributed by atoms with van der Waals surface area (Å²) in [7, 11) is 3.47. The molecule has 0 N–H and O–H groups in total. The number of pyridine rings is 1. The van der Waals surface area contributed by atoms with Crippen LogP contribution in [0.1, 0.15) is 66.9 Å². The van der Waals surface area contributed by atoms with Crippen molar-refractivity contribution in [1.82, 2.24) is 9.88 Å². The van der Waals surface area contributed by atoms with Crippen molar-refractivity contribution < 1.29 is 14.0 Å². The zero-order valence-corrected chi connectivity index (χ0v) is 21.6. The molecule has 0 bridgehead atoms. The monoisotopic (exact) mass is 486 g/mol. The van der Waals surface area contributed by atoms with Crippen molar-refractivity contribution >= 4 is 22.6 Å². The predicted molar refractivity (Wildman–Crippen MR) is 140 cm³/mol. The number of carbonyl (C=O) groups is 2. The molecule has 4 atom stereocenters. The third-order valence-corrected chi connectivity index (χ3v) is 8.90. The number of halogens is 1. The van der Waals surface area contributed by atoms with Gasteiger partial charge in [-0.15, -0.1) is 0 Å². The van der Waals surface area contributed by atoms with Crippen LogP contribution in [-0.4, -0.2) is 35.7 Å². The molecule has 2 saturated carbocycles. The first-order chi connectivity index (χ1) is 17.1. The van der Waals surface area contributed by atoms with Crippen molar-refractivity contribution in [2.45, 2.75) is 51.9 Å². The van der Waals surface area contributed by atoms with E-state index in [-0.39, 0.29) is 22.9 Å². The molecule has 2 fully saturated rings. The van der Waals surface area contributed by atoms with Crippen molar-refractivity contribution in [2.75, 3.05) is 14.1 Å². The third kappa shape index (κ3) is 4.56. The summed E-state index contributed by atoms with van der Waals surface area (Å²) in [6.07, 6.45) is 6.59. The van der Waals surface area contributed by atoms with Gasteiger partial charge in [0.2, 0.25) is 0 Å². The molecule has 1 heterocycles. The standard InChI is InChI=1S/C31H35FN2O2/c1-31(2,29(35)13-19-5-7-20(8-6-19)30(36)34(3)4)24-16-21-14-23(15-22(21)17-24)26-11-12-33-28-10-9-25(32)18-27(26)28/h5-12,18,21-24H,13-17H2,1-4H3/t21-,22+,23?,24?. The molecule has 36 heavy (non-hydrogen) atoms. The topological polar surface area (TPSA) is 50.3 Å². The number of rotatable bonds is 6. The van der Waals surface area contributed by atoms with Gasteiger partial charge in [-0.2, -0.15) is 0 Å². The molecule has 0 aliphatic heterocycles. The number of aromatic nitrogens is 1. The minimum absolute atomic E-state index is 0.0334. The Hall–Kier alpha value is -3.08. The largest absolute Gasteiger partial charge is 0.345 e. The molecular formula is C31H35FN2O2. The fourth-order valence-corrected chi connectivity index (χ4v) is 6.62. The average molecular weight is 487 g/mol. The van der Waals surface area contributed by atoms with Crippen LogP contribution in [0, 0.1) is 29.0 Å². The molecule has 2 aliphatic rings. The highest BCUT2D eigenvalue weighted by Gasteiger charge is 2.48. The summed E-state index contributed by atoms with van der Waals surface area (Å²) in [5.41, 5.74) is 3.29. The van der Waals surface area contributed by atoms with Crippen LogP contribution in [0.3, 0.4) is 0 Å². The lowest BCUT2D eigenvalue weighted by molar-refractivity contribution is -0.129.